The van der Waals surface area contributed by atoms with Crippen LogP contribution in [0.4, 0.5) is 4.79 Å². The van der Waals surface area contributed by atoms with Crippen LogP contribution in [0.1, 0.15) is 0 Å². The molecule has 2 aliphatic heterocycles. The first-order valence-electron chi connectivity index (χ1n) is 3.77. The van der Waals surface area contributed by atoms with Gasteiger partial charge < -0.3 is 5.11 Å². The van der Waals surface area contributed by atoms with Gasteiger partial charge in [0.05, 0.1) is 11.9 Å². The summed E-state index contributed by atoms with van der Waals surface area (Å²) in [4.78, 5) is 11.8. The molecule has 0 aromatic carbocycles. The van der Waals surface area contributed by atoms with Crippen molar-refractivity contribution in [3.8, 4) is 0 Å². The van der Waals surface area contributed by atoms with Gasteiger partial charge in [-0.25, -0.2) is 4.79 Å². The Balaban J connectivity index is 2.27. The lowest BCUT2D eigenvalue weighted by atomic mass is 10.2. The third kappa shape index (κ3) is 1.35. The summed E-state index contributed by atoms with van der Waals surface area (Å²) in [7, 11) is 0. The molecular weight excluding hydrogens is 170 g/mol. The van der Waals surface area contributed by atoms with Crippen molar-refractivity contribution in [3.63, 3.8) is 0 Å². The van der Waals surface area contributed by atoms with Crippen LogP contribution in [-0.2, 0) is 0 Å². The molecule has 5 heteroatoms. The first kappa shape index (κ1) is 7.72. The van der Waals surface area contributed by atoms with Crippen LogP contribution in [0.3, 0.4) is 0 Å². The Morgan fingerprint density at radius 2 is 2.46 bits per heavy atom. The van der Waals surface area contributed by atoms with Crippen molar-refractivity contribution in [1.29, 1.82) is 0 Å². The second-order valence-corrected chi connectivity index (χ2v) is 2.64. The first-order valence-corrected chi connectivity index (χ1v) is 3.77. The summed E-state index contributed by atoms with van der Waals surface area (Å²) in [6.07, 6.45) is 5.55. The van der Waals surface area contributed by atoms with Gasteiger partial charge in [-0.05, 0) is 6.08 Å². The summed E-state index contributed by atoms with van der Waals surface area (Å²) in [6, 6.07) is 0. The van der Waals surface area contributed by atoms with Crippen molar-refractivity contribution in [2.24, 2.45) is 10.2 Å². The van der Waals surface area contributed by atoms with Crippen LogP contribution in [0.5, 0.6) is 0 Å². The molecule has 0 unspecified atom stereocenters. The fourth-order valence-corrected chi connectivity index (χ4v) is 1.12. The second kappa shape index (κ2) is 2.85. The minimum absolute atomic E-state index is 0.339. The molecule has 0 aromatic heterocycles. The summed E-state index contributed by atoms with van der Waals surface area (Å²) < 4.78 is 0. The highest BCUT2D eigenvalue weighted by molar-refractivity contribution is 6.23. The molecule has 66 valence electrons. The van der Waals surface area contributed by atoms with Crippen LogP contribution in [-0.4, -0.2) is 34.6 Å². The van der Waals surface area contributed by atoms with Crippen molar-refractivity contribution in [3.05, 3.63) is 23.9 Å². The molecule has 0 radical (unpaired) electrons. The minimum atomic E-state index is -0.967. The number of amides is 1. The molecule has 2 rings (SSSR count). The number of hydrogen-bond donors (Lipinski definition) is 1. The van der Waals surface area contributed by atoms with Gasteiger partial charge in [0.15, 0.2) is 0 Å². The Kier molecular flexibility index (Phi) is 1.70. The molecule has 0 aliphatic carbocycles. The molecule has 1 amide bonds. The zero-order chi connectivity index (χ0) is 9.26. The highest BCUT2D eigenvalue weighted by Crippen LogP contribution is 2.10. The van der Waals surface area contributed by atoms with E-state index in [1.807, 2.05) is 0 Å². The zero-order valence-electron chi connectivity index (χ0n) is 6.71. The number of allylic oxidation sites excluding steroid dienone is 2. The van der Waals surface area contributed by atoms with Crippen molar-refractivity contribution >= 4 is 18.0 Å². The largest absolute Gasteiger partial charge is 0.465 e. The summed E-state index contributed by atoms with van der Waals surface area (Å²) in [6.45, 7) is 0.339. The number of fused-ring (bicyclic) bond motifs is 1. The summed E-state index contributed by atoms with van der Waals surface area (Å²) >= 11 is 0. The zero-order valence-corrected chi connectivity index (χ0v) is 6.71. The molecular formula is C8H7N3O2. The second-order valence-electron chi connectivity index (χ2n) is 2.64. The average molecular weight is 177 g/mol. The number of carboxylic acid groups (broad SMARTS) is 1. The molecule has 0 saturated heterocycles. The van der Waals surface area contributed by atoms with Gasteiger partial charge in [-0.1, -0.05) is 6.08 Å². The first-order chi connectivity index (χ1) is 6.27. The maximum absolute atomic E-state index is 10.6. The van der Waals surface area contributed by atoms with E-state index in [1.54, 1.807) is 18.4 Å². The van der Waals surface area contributed by atoms with Gasteiger partial charge in [0.25, 0.3) is 0 Å². The normalized spacial score (nSPS) is 19.2. The highest BCUT2D eigenvalue weighted by atomic mass is 16.4. The monoisotopic (exact) mass is 177 g/mol. The molecule has 0 saturated carbocycles. The molecule has 0 atom stereocenters. The predicted octanol–water partition coefficient (Wildman–Crippen LogP) is 0.861. The number of nitrogens with zero attached hydrogens (tertiary/aromatic N) is 3. The van der Waals surface area contributed by atoms with Crippen molar-refractivity contribution in [2.45, 2.75) is 0 Å². The summed E-state index contributed by atoms with van der Waals surface area (Å²) in [5, 5.41) is 16.2. The van der Waals surface area contributed by atoms with Gasteiger partial charge >= 0.3 is 6.09 Å². The number of rotatable bonds is 0. The molecule has 1 N–H and O–H groups in total. The minimum Gasteiger partial charge on any atom is -0.465 e. The Hall–Kier alpha value is -1.91. The lowest BCUT2D eigenvalue weighted by Gasteiger charge is -2.09. The topological polar surface area (TPSA) is 65.3 Å². The van der Waals surface area contributed by atoms with E-state index >= 15 is 0 Å². The standard InChI is InChI=1S/C8H7N3O2/c12-8(13)11-3-1-6-5-9-10-7(6)2-4-11/h1-2,4-5H,3H2,(H,12,13). The van der Waals surface area contributed by atoms with Crippen LogP contribution < -0.4 is 0 Å². The molecule has 0 spiro atoms. The third-order valence-electron chi connectivity index (χ3n) is 1.82. The van der Waals surface area contributed by atoms with Crippen LogP contribution in [0.25, 0.3) is 0 Å². The van der Waals surface area contributed by atoms with E-state index in [2.05, 4.69) is 10.2 Å². The van der Waals surface area contributed by atoms with Gasteiger partial charge in [-0.3, -0.25) is 4.90 Å². The summed E-state index contributed by atoms with van der Waals surface area (Å²) in [5.41, 5.74) is 1.59. The van der Waals surface area contributed by atoms with Crippen LogP contribution in [0.2, 0.25) is 0 Å². The molecule has 13 heavy (non-hydrogen) atoms. The highest BCUT2D eigenvalue weighted by Gasteiger charge is 2.14. The van der Waals surface area contributed by atoms with Gasteiger partial charge in [0, 0.05) is 18.3 Å². The number of carbonyl (C=O) groups is 1. The molecule has 2 aliphatic rings. The van der Waals surface area contributed by atoms with E-state index in [4.69, 9.17) is 5.11 Å². The quantitative estimate of drug-likeness (QED) is 0.596. The van der Waals surface area contributed by atoms with Gasteiger partial charge in [-0.15, -0.1) is 0 Å². The Morgan fingerprint density at radius 1 is 1.62 bits per heavy atom. The predicted molar refractivity (Wildman–Crippen MR) is 47.9 cm³/mol. The average Bonchev–Trinajstić information content (AvgIpc) is 2.44. The van der Waals surface area contributed by atoms with E-state index in [0.29, 0.717) is 12.3 Å². The van der Waals surface area contributed by atoms with E-state index in [-0.39, 0.29) is 0 Å². The molecule has 0 aromatic rings. The fourth-order valence-electron chi connectivity index (χ4n) is 1.12. The molecule has 2 heterocycles. The maximum Gasteiger partial charge on any atom is 0.411 e. The molecule has 5 nitrogen and oxygen atoms in total. The van der Waals surface area contributed by atoms with Gasteiger partial charge in [0.1, 0.15) is 0 Å². The third-order valence-corrected chi connectivity index (χ3v) is 1.82. The van der Waals surface area contributed by atoms with Gasteiger partial charge in [-0.2, -0.15) is 10.2 Å². The van der Waals surface area contributed by atoms with Crippen molar-refractivity contribution in [1.82, 2.24) is 4.90 Å². The van der Waals surface area contributed by atoms with E-state index in [9.17, 15) is 4.79 Å². The smallest absolute Gasteiger partial charge is 0.411 e. The van der Waals surface area contributed by atoms with E-state index in [0.717, 1.165) is 5.57 Å². The van der Waals surface area contributed by atoms with Crippen LogP contribution >= 0.6 is 0 Å². The Labute approximate surface area is 74.4 Å². The Bertz CT molecular complexity index is 366. The van der Waals surface area contributed by atoms with Gasteiger partial charge in [0.2, 0.25) is 0 Å². The van der Waals surface area contributed by atoms with Crippen LogP contribution in [0.15, 0.2) is 34.1 Å². The molecule has 0 fully saturated rings. The Morgan fingerprint density at radius 3 is 3.23 bits per heavy atom. The summed E-state index contributed by atoms with van der Waals surface area (Å²) in [5.74, 6) is 0. The lowest BCUT2D eigenvalue weighted by molar-refractivity contribution is 0.167. The van der Waals surface area contributed by atoms with Crippen LogP contribution in [0, 0.1) is 0 Å². The van der Waals surface area contributed by atoms with Crippen molar-refractivity contribution in [2.75, 3.05) is 6.54 Å². The lowest BCUT2D eigenvalue weighted by Crippen LogP contribution is -2.23. The number of hydrogen-bond acceptors (Lipinski definition) is 3. The maximum atomic E-state index is 10.6. The van der Waals surface area contributed by atoms with E-state index < -0.39 is 6.09 Å². The molecule has 0 bridgehead atoms. The van der Waals surface area contributed by atoms with Crippen molar-refractivity contribution < 1.29 is 9.90 Å². The SMILES string of the molecule is O=C(O)N1C=CC2=NN=CC2=CC1. The van der Waals surface area contributed by atoms with E-state index in [1.165, 1.54) is 11.1 Å². The fraction of sp³-hybridized carbons (Fsp3) is 0.125.